The summed E-state index contributed by atoms with van der Waals surface area (Å²) in [6, 6.07) is 2.55. The summed E-state index contributed by atoms with van der Waals surface area (Å²) in [4.78, 5) is 16.3. The van der Waals surface area contributed by atoms with Crippen LogP contribution in [0.1, 0.15) is 18.4 Å². The molecule has 0 aliphatic heterocycles. The zero-order valence-corrected chi connectivity index (χ0v) is 14.2. The lowest BCUT2D eigenvalue weighted by Crippen LogP contribution is -2.19. The predicted molar refractivity (Wildman–Crippen MR) is 87.6 cm³/mol. The van der Waals surface area contributed by atoms with Crippen molar-refractivity contribution in [3.05, 3.63) is 29.8 Å². The molecule has 0 saturated carbocycles. The summed E-state index contributed by atoms with van der Waals surface area (Å²) in [7, 11) is 1.67. The number of alkyl halides is 2. The molecule has 26 heavy (non-hydrogen) atoms. The number of rotatable bonds is 5. The van der Waals surface area contributed by atoms with Gasteiger partial charge in [-0.1, -0.05) is 6.92 Å². The van der Waals surface area contributed by atoms with Crippen molar-refractivity contribution in [3.8, 4) is 11.5 Å². The van der Waals surface area contributed by atoms with Crippen LogP contribution in [0.15, 0.2) is 22.7 Å². The molecule has 10 heteroatoms. The number of amides is 1. The van der Waals surface area contributed by atoms with E-state index in [1.807, 2.05) is 0 Å². The molecule has 0 spiro atoms. The van der Waals surface area contributed by atoms with Crippen molar-refractivity contribution in [2.24, 2.45) is 7.05 Å². The molecule has 0 fully saturated rings. The average molecular weight is 366 g/mol. The molecule has 1 amide bonds. The summed E-state index contributed by atoms with van der Waals surface area (Å²) in [6.07, 6.45) is 1.24. The molecular weight excluding hydrogens is 350 g/mol. The van der Waals surface area contributed by atoms with Crippen LogP contribution in [-0.2, 0) is 13.5 Å². The lowest BCUT2D eigenvalue weighted by atomic mass is 10.3. The molecule has 0 bridgehead atoms. The number of fused-ring (bicyclic) bond motifs is 1. The lowest BCUT2D eigenvalue weighted by Gasteiger charge is -2.09. The van der Waals surface area contributed by atoms with Crippen molar-refractivity contribution < 1.29 is 27.5 Å². The fourth-order valence-corrected chi connectivity index (χ4v) is 2.38. The first kappa shape index (κ1) is 17.6. The molecule has 1 aromatic carbocycles. The Morgan fingerprint density at radius 2 is 2.12 bits per heavy atom. The van der Waals surface area contributed by atoms with E-state index >= 15 is 0 Å². The second-order valence-corrected chi connectivity index (χ2v) is 5.39. The van der Waals surface area contributed by atoms with E-state index in [0.717, 1.165) is 5.56 Å². The number of anilines is 1. The van der Waals surface area contributed by atoms with E-state index in [1.54, 1.807) is 27.1 Å². The van der Waals surface area contributed by atoms with E-state index in [1.165, 1.54) is 16.8 Å². The Labute approximate surface area is 146 Å². The van der Waals surface area contributed by atoms with Gasteiger partial charge in [0.25, 0.3) is 0 Å². The van der Waals surface area contributed by atoms with Gasteiger partial charge in [-0.2, -0.15) is 13.9 Å². The summed E-state index contributed by atoms with van der Waals surface area (Å²) in [5.41, 5.74) is 0.865. The quantitative estimate of drug-likeness (QED) is 0.741. The van der Waals surface area contributed by atoms with Gasteiger partial charge in [-0.05, 0) is 19.1 Å². The third kappa shape index (κ3) is 3.44. The van der Waals surface area contributed by atoms with Crippen molar-refractivity contribution in [1.82, 2.24) is 14.8 Å². The Morgan fingerprint density at radius 1 is 1.38 bits per heavy atom. The number of carbonyl (C=O) groups is 1. The largest absolute Gasteiger partial charge is 0.437 e. The highest BCUT2D eigenvalue weighted by atomic mass is 19.3. The molecular formula is C16H16F2N4O4. The third-order valence-electron chi connectivity index (χ3n) is 3.58. The summed E-state index contributed by atoms with van der Waals surface area (Å²) < 4.78 is 41.8. The maximum atomic E-state index is 12.6. The minimum Gasteiger partial charge on any atom is -0.437 e. The first-order valence-electron chi connectivity index (χ1n) is 7.73. The van der Waals surface area contributed by atoms with Crippen LogP contribution < -0.4 is 14.8 Å². The van der Waals surface area contributed by atoms with Gasteiger partial charge < -0.3 is 13.9 Å². The maximum absolute atomic E-state index is 12.6. The molecule has 1 N–H and O–H groups in total. The SMILES string of the molecule is CCc1nc2c(OC(F)F)ccc(OC(=O)Nc3c(C)cnn3C)c2o1. The van der Waals surface area contributed by atoms with E-state index < -0.39 is 12.7 Å². The first-order valence-corrected chi connectivity index (χ1v) is 7.73. The van der Waals surface area contributed by atoms with Crippen LogP contribution in [0.2, 0.25) is 0 Å². The van der Waals surface area contributed by atoms with Gasteiger partial charge in [-0.3, -0.25) is 10.00 Å². The fraction of sp³-hybridized carbons (Fsp3) is 0.312. The van der Waals surface area contributed by atoms with Crippen LogP contribution in [-0.4, -0.2) is 27.5 Å². The molecule has 3 rings (SSSR count). The maximum Gasteiger partial charge on any atom is 0.418 e. The number of hydrogen-bond acceptors (Lipinski definition) is 6. The number of benzene rings is 1. The minimum atomic E-state index is -3.01. The van der Waals surface area contributed by atoms with E-state index in [0.29, 0.717) is 18.1 Å². The molecule has 0 aliphatic carbocycles. The lowest BCUT2D eigenvalue weighted by molar-refractivity contribution is -0.0489. The van der Waals surface area contributed by atoms with Gasteiger partial charge in [-0.25, -0.2) is 9.78 Å². The van der Waals surface area contributed by atoms with Crippen molar-refractivity contribution in [2.45, 2.75) is 26.9 Å². The number of halogens is 2. The summed E-state index contributed by atoms with van der Waals surface area (Å²) in [6.45, 7) is 0.556. The minimum absolute atomic E-state index is 0.0335. The van der Waals surface area contributed by atoms with Crippen molar-refractivity contribution >= 4 is 23.0 Å². The molecule has 0 saturated heterocycles. The Morgan fingerprint density at radius 3 is 2.73 bits per heavy atom. The fourth-order valence-electron chi connectivity index (χ4n) is 2.38. The normalized spacial score (nSPS) is 11.2. The van der Waals surface area contributed by atoms with Crippen molar-refractivity contribution in [2.75, 3.05) is 5.32 Å². The molecule has 138 valence electrons. The van der Waals surface area contributed by atoms with Crippen LogP contribution in [0.5, 0.6) is 11.5 Å². The van der Waals surface area contributed by atoms with E-state index in [9.17, 15) is 13.6 Å². The zero-order valence-electron chi connectivity index (χ0n) is 14.2. The van der Waals surface area contributed by atoms with Crippen molar-refractivity contribution in [3.63, 3.8) is 0 Å². The van der Waals surface area contributed by atoms with Crippen LogP contribution >= 0.6 is 0 Å². The van der Waals surface area contributed by atoms with Gasteiger partial charge in [0, 0.05) is 19.0 Å². The molecule has 8 nitrogen and oxygen atoms in total. The van der Waals surface area contributed by atoms with Crippen LogP contribution in [0, 0.1) is 6.92 Å². The van der Waals surface area contributed by atoms with Gasteiger partial charge in [0.1, 0.15) is 5.82 Å². The predicted octanol–water partition coefficient (Wildman–Crippen LogP) is 3.64. The van der Waals surface area contributed by atoms with Crippen LogP contribution in [0.4, 0.5) is 19.4 Å². The number of carbonyl (C=O) groups excluding carboxylic acids is 1. The monoisotopic (exact) mass is 366 g/mol. The van der Waals surface area contributed by atoms with Crippen LogP contribution in [0.3, 0.4) is 0 Å². The second kappa shape index (κ2) is 6.98. The van der Waals surface area contributed by atoms with Crippen LogP contribution in [0.25, 0.3) is 11.1 Å². The Hall–Kier alpha value is -3.17. The smallest absolute Gasteiger partial charge is 0.418 e. The molecule has 0 radical (unpaired) electrons. The number of nitrogens with zero attached hydrogens (tertiary/aromatic N) is 3. The number of hydrogen-bond donors (Lipinski definition) is 1. The number of aromatic nitrogens is 3. The molecule has 2 heterocycles. The number of aryl methyl sites for hydroxylation is 3. The highest BCUT2D eigenvalue weighted by molar-refractivity contribution is 5.91. The average Bonchev–Trinajstić information content (AvgIpc) is 3.16. The molecule has 0 aliphatic rings. The summed E-state index contributed by atoms with van der Waals surface area (Å²) in [5.74, 6) is 0.647. The zero-order chi connectivity index (χ0) is 18.8. The van der Waals surface area contributed by atoms with Gasteiger partial charge in [0.2, 0.25) is 5.58 Å². The summed E-state index contributed by atoms with van der Waals surface area (Å²) >= 11 is 0. The van der Waals surface area contributed by atoms with Gasteiger partial charge >= 0.3 is 12.7 Å². The number of ether oxygens (including phenoxy) is 2. The summed E-state index contributed by atoms with van der Waals surface area (Å²) in [5, 5.41) is 6.58. The third-order valence-corrected chi connectivity index (χ3v) is 3.58. The molecule has 0 unspecified atom stereocenters. The van der Waals surface area contributed by atoms with Gasteiger partial charge in [-0.15, -0.1) is 0 Å². The van der Waals surface area contributed by atoms with Gasteiger partial charge in [0.05, 0.1) is 6.20 Å². The number of oxazole rings is 1. The Balaban J connectivity index is 1.90. The van der Waals surface area contributed by atoms with E-state index in [2.05, 4.69) is 20.1 Å². The topological polar surface area (TPSA) is 91.4 Å². The van der Waals surface area contributed by atoms with E-state index in [4.69, 9.17) is 9.15 Å². The standard InChI is InChI=1S/C16H16F2N4O4/c1-4-11-20-12-9(24-15(17)18)5-6-10(13(12)26-11)25-16(23)21-14-8(2)7-19-22(14)3/h5-7,15H,4H2,1-3H3,(H,21,23). The van der Waals surface area contributed by atoms with Crippen molar-refractivity contribution in [1.29, 1.82) is 0 Å². The Bertz CT molecular complexity index is 932. The molecule has 3 aromatic rings. The number of nitrogens with one attached hydrogen (secondary N) is 1. The highest BCUT2D eigenvalue weighted by Crippen LogP contribution is 2.34. The van der Waals surface area contributed by atoms with Gasteiger partial charge in [0.15, 0.2) is 22.9 Å². The molecule has 2 aromatic heterocycles. The second-order valence-electron chi connectivity index (χ2n) is 5.39. The highest BCUT2D eigenvalue weighted by Gasteiger charge is 2.20. The molecule has 0 atom stereocenters. The van der Waals surface area contributed by atoms with E-state index in [-0.39, 0.29) is 22.6 Å². The Kier molecular flexibility index (Phi) is 4.74. The first-order chi connectivity index (χ1) is 12.4.